The summed E-state index contributed by atoms with van der Waals surface area (Å²) >= 11 is -5.45. The van der Waals surface area contributed by atoms with Crippen molar-refractivity contribution in [3.63, 3.8) is 0 Å². The van der Waals surface area contributed by atoms with Crippen molar-refractivity contribution in [2.75, 3.05) is 26.4 Å². The van der Waals surface area contributed by atoms with Gasteiger partial charge in [-0.1, -0.05) is 0 Å². The van der Waals surface area contributed by atoms with E-state index in [2.05, 4.69) is 8.07 Å². The van der Waals surface area contributed by atoms with Crippen LogP contribution in [0.4, 0.5) is 0 Å². The SMILES string of the molecule is O=S([O-])OB1OCC2(CO1)COP(OS(=O)[O-])OC2. The number of hydrogen-bond acceptors (Lipinski definition) is 10. The van der Waals surface area contributed by atoms with Crippen LogP contribution in [0.25, 0.3) is 0 Å². The second kappa shape index (κ2) is 6.96. The van der Waals surface area contributed by atoms with Gasteiger partial charge in [0.15, 0.2) is 0 Å². The van der Waals surface area contributed by atoms with Gasteiger partial charge in [-0.2, -0.15) is 0 Å². The topological polar surface area (TPSA) is 136 Å². The molecule has 2 saturated heterocycles. The molecule has 2 unspecified atom stereocenters. The van der Waals surface area contributed by atoms with Crippen molar-refractivity contribution in [3.8, 4) is 0 Å². The van der Waals surface area contributed by atoms with E-state index in [0.717, 1.165) is 0 Å². The molecule has 2 atom stereocenters. The lowest BCUT2D eigenvalue weighted by molar-refractivity contribution is -0.0868. The summed E-state index contributed by atoms with van der Waals surface area (Å²) in [5.41, 5.74) is -0.642. The Balaban J connectivity index is 1.78. The van der Waals surface area contributed by atoms with E-state index in [-0.39, 0.29) is 26.4 Å². The second-order valence-corrected chi connectivity index (χ2v) is 6.33. The van der Waals surface area contributed by atoms with Crippen LogP contribution in [-0.4, -0.2) is 51.3 Å². The molecule has 0 saturated carbocycles. The van der Waals surface area contributed by atoms with Crippen molar-refractivity contribution in [1.82, 2.24) is 0 Å². The number of rotatable bonds is 4. The van der Waals surface area contributed by atoms with Crippen LogP contribution >= 0.6 is 8.60 Å². The summed E-state index contributed by atoms with van der Waals surface area (Å²) in [4.78, 5) is 0. The third-order valence-electron chi connectivity index (χ3n) is 2.28. The zero-order valence-electron chi connectivity index (χ0n) is 9.25. The molecule has 0 aliphatic carbocycles. The monoisotopic (exact) mass is 334 g/mol. The Morgan fingerprint density at radius 2 is 1.63 bits per heavy atom. The molecule has 10 nitrogen and oxygen atoms in total. The summed E-state index contributed by atoms with van der Waals surface area (Å²) in [5, 5.41) is 0. The minimum Gasteiger partial charge on any atom is -0.751 e. The number of hydrogen-bond donors (Lipinski definition) is 0. The van der Waals surface area contributed by atoms with Crippen LogP contribution < -0.4 is 0 Å². The van der Waals surface area contributed by atoms with Gasteiger partial charge < -0.3 is 31.6 Å². The normalized spacial score (nSPS) is 27.4. The van der Waals surface area contributed by atoms with Crippen LogP contribution in [0.2, 0.25) is 0 Å². The average molecular weight is 334 g/mol. The first-order valence-electron chi connectivity index (χ1n) is 4.82. The third kappa shape index (κ3) is 4.75. The predicted molar refractivity (Wildman–Crippen MR) is 58.9 cm³/mol. The molecule has 2 fully saturated rings. The molecule has 14 heteroatoms. The summed E-state index contributed by atoms with van der Waals surface area (Å²) in [6, 6.07) is 0. The Morgan fingerprint density at radius 3 is 2.11 bits per heavy atom. The molecule has 0 aromatic rings. The maximum Gasteiger partial charge on any atom is 0.652 e. The van der Waals surface area contributed by atoms with Gasteiger partial charge in [-0.05, 0) is 0 Å². The van der Waals surface area contributed by atoms with Gasteiger partial charge in [0.25, 0.3) is 0 Å². The average Bonchev–Trinajstić information content (AvgIpc) is 2.34. The molecule has 0 radical (unpaired) electrons. The molecule has 0 aromatic carbocycles. The molecule has 0 amide bonds. The molecule has 0 aromatic heterocycles. The Hall–Kier alpha value is 0.475. The van der Waals surface area contributed by atoms with Crippen molar-refractivity contribution in [1.29, 1.82) is 0 Å². The highest BCUT2D eigenvalue weighted by atomic mass is 32.2. The fraction of sp³-hybridized carbons (Fsp3) is 1.00. The highest BCUT2D eigenvalue weighted by Gasteiger charge is 2.45. The van der Waals surface area contributed by atoms with Gasteiger partial charge in [0.1, 0.15) is 0 Å². The molecule has 2 aliphatic rings. The molecule has 2 heterocycles. The molecule has 0 N–H and O–H groups in total. The van der Waals surface area contributed by atoms with Crippen molar-refractivity contribution < 1.29 is 44.0 Å². The second-order valence-electron chi connectivity index (χ2n) is 3.76. The van der Waals surface area contributed by atoms with E-state index in [0.29, 0.717) is 0 Å². The van der Waals surface area contributed by atoms with Crippen LogP contribution in [0, 0.1) is 5.41 Å². The standard InChI is InChI=1S/C5H10BO10PS2/c7-18(8)15-6-11-1-5(2-12-6)3-13-17(14-4-5)16-19(9)10/h1-4H2,(H,7,8)(H,9,10)/p-2. The lowest BCUT2D eigenvalue weighted by Crippen LogP contribution is -2.51. The van der Waals surface area contributed by atoms with Gasteiger partial charge in [0, 0.05) is 13.2 Å². The Labute approximate surface area is 115 Å². The van der Waals surface area contributed by atoms with Crippen molar-refractivity contribution in [3.05, 3.63) is 0 Å². The van der Waals surface area contributed by atoms with Gasteiger partial charge in [0.05, 0.1) is 41.4 Å². The molecule has 19 heavy (non-hydrogen) atoms. The summed E-state index contributed by atoms with van der Waals surface area (Å²) in [6.07, 6.45) is 0. The smallest absolute Gasteiger partial charge is 0.652 e. The summed E-state index contributed by atoms with van der Waals surface area (Å²) in [7, 11) is -3.23. The van der Waals surface area contributed by atoms with Gasteiger partial charge in [-0.25, -0.2) is 12.4 Å². The van der Waals surface area contributed by atoms with E-state index >= 15 is 0 Å². The first-order valence-corrected chi connectivity index (χ1v) is 7.92. The molecule has 2 aliphatic heterocycles. The Morgan fingerprint density at radius 1 is 1.05 bits per heavy atom. The largest absolute Gasteiger partial charge is 0.751 e. The fourth-order valence-corrected chi connectivity index (χ4v) is 3.23. The van der Waals surface area contributed by atoms with E-state index in [1.165, 1.54) is 0 Å². The lowest BCUT2D eigenvalue weighted by Gasteiger charge is -2.41. The van der Waals surface area contributed by atoms with Crippen LogP contribution in [-0.2, 0) is 49.1 Å². The molecule has 1 spiro atoms. The summed E-state index contributed by atoms with van der Waals surface area (Å²) in [5.74, 6) is 0. The lowest BCUT2D eigenvalue weighted by atomic mass is 9.89. The van der Waals surface area contributed by atoms with Crippen LogP contribution in [0.5, 0.6) is 0 Å². The van der Waals surface area contributed by atoms with Crippen molar-refractivity contribution in [2.45, 2.75) is 0 Å². The first kappa shape index (κ1) is 15.9. The van der Waals surface area contributed by atoms with Gasteiger partial charge >= 0.3 is 15.9 Å². The summed E-state index contributed by atoms with van der Waals surface area (Å²) in [6.45, 7) is 0.364. The van der Waals surface area contributed by atoms with E-state index in [1.54, 1.807) is 0 Å². The van der Waals surface area contributed by atoms with Crippen LogP contribution in [0.15, 0.2) is 0 Å². The minimum absolute atomic E-state index is 0.0818. The Kier molecular flexibility index (Phi) is 5.81. The predicted octanol–water partition coefficient (Wildman–Crippen LogP) is -1.10. The maximum atomic E-state index is 10.3. The van der Waals surface area contributed by atoms with E-state index in [9.17, 15) is 17.5 Å². The molecule has 2 rings (SSSR count). The minimum atomic E-state index is -2.74. The third-order valence-corrected chi connectivity index (χ3v) is 4.25. The maximum absolute atomic E-state index is 10.3. The van der Waals surface area contributed by atoms with E-state index in [1.807, 2.05) is 0 Å². The van der Waals surface area contributed by atoms with E-state index < -0.39 is 44.1 Å². The van der Waals surface area contributed by atoms with Crippen molar-refractivity contribution in [2.24, 2.45) is 5.41 Å². The van der Waals surface area contributed by atoms with E-state index in [4.69, 9.17) is 18.4 Å². The quantitative estimate of drug-likeness (QED) is 0.354. The molecular weight excluding hydrogens is 326 g/mol. The van der Waals surface area contributed by atoms with Crippen molar-refractivity contribution >= 4 is 38.6 Å². The fourth-order valence-electron chi connectivity index (χ4n) is 1.42. The van der Waals surface area contributed by atoms with Gasteiger partial charge in [-0.3, -0.25) is 0 Å². The highest BCUT2D eigenvalue weighted by Crippen LogP contribution is 2.48. The van der Waals surface area contributed by atoms with Crippen LogP contribution in [0.1, 0.15) is 0 Å². The highest BCUT2D eigenvalue weighted by molar-refractivity contribution is 7.78. The molecule has 0 bridgehead atoms. The molecular formula is C5H8BO10PS2-2. The first-order chi connectivity index (χ1) is 8.99. The zero-order chi connectivity index (χ0) is 13.9. The molecule has 110 valence electrons. The Bertz CT molecular complexity index is 316. The zero-order valence-corrected chi connectivity index (χ0v) is 11.8. The van der Waals surface area contributed by atoms with Gasteiger partial charge in [-0.15, -0.1) is 0 Å². The van der Waals surface area contributed by atoms with Gasteiger partial charge in [0.2, 0.25) is 0 Å². The van der Waals surface area contributed by atoms with Crippen LogP contribution in [0.3, 0.4) is 0 Å². The summed E-state index contributed by atoms with van der Waals surface area (Å²) < 4.78 is 70.1.